The third-order valence-electron chi connectivity index (χ3n) is 1.32. The van der Waals surface area contributed by atoms with Crippen molar-refractivity contribution >= 4 is 27.6 Å². The molecule has 0 saturated carbocycles. The Hall–Kier alpha value is -1.10. The maximum atomic E-state index is 5.58. The fraction of sp³-hybridized carbons (Fsp3) is 0.200. The lowest BCUT2D eigenvalue weighted by Gasteiger charge is -1.78. The molecule has 10 heavy (non-hydrogen) atoms. The Bertz CT molecular complexity index is 332. The van der Waals surface area contributed by atoms with Gasteiger partial charge in [0.15, 0.2) is 0 Å². The lowest BCUT2D eigenvalue weighted by Crippen LogP contribution is -1.78. The van der Waals surface area contributed by atoms with E-state index in [1.165, 1.54) is 11.5 Å². The molecule has 2 aromatic rings. The third-order valence-corrected chi connectivity index (χ3v) is 1.98. The van der Waals surface area contributed by atoms with Gasteiger partial charge in [0.1, 0.15) is 10.4 Å². The highest BCUT2D eigenvalue weighted by Crippen LogP contribution is 2.26. The number of rotatable bonds is 0. The van der Waals surface area contributed by atoms with Crippen LogP contribution in [-0.4, -0.2) is 9.53 Å². The third kappa shape index (κ3) is 0.550. The van der Waals surface area contributed by atoms with Crippen LogP contribution in [0.25, 0.3) is 11.1 Å². The second-order valence-electron chi connectivity index (χ2n) is 1.99. The number of nitrogens with two attached hydrogens (primary N) is 1. The molecule has 0 atom stereocenters. The normalized spacial score (nSPS) is 10.9. The first-order chi connectivity index (χ1) is 4.79. The second kappa shape index (κ2) is 1.69. The Balaban J connectivity index is 2.98. The van der Waals surface area contributed by atoms with E-state index < -0.39 is 0 Å². The molecule has 5 heteroatoms. The molecule has 0 spiro atoms. The lowest BCUT2D eigenvalue weighted by molar-refractivity contribution is 0.444. The van der Waals surface area contributed by atoms with Crippen molar-refractivity contribution in [3.8, 4) is 0 Å². The summed E-state index contributed by atoms with van der Waals surface area (Å²) in [7, 11) is 0. The van der Waals surface area contributed by atoms with Gasteiger partial charge in [-0.05, 0) is 18.5 Å². The monoisotopic (exact) mass is 155 g/mol. The summed E-state index contributed by atoms with van der Waals surface area (Å²) in [6, 6.07) is 0. The SMILES string of the molecule is Cc1noc2nsc(N)c12. The van der Waals surface area contributed by atoms with Gasteiger partial charge >= 0.3 is 0 Å². The fourth-order valence-corrected chi connectivity index (χ4v) is 1.47. The average molecular weight is 155 g/mol. The van der Waals surface area contributed by atoms with E-state index >= 15 is 0 Å². The summed E-state index contributed by atoms with van der Waals surface area (Å²) in [5, 5.41) is 5.23. The van der Waals surface area contributed by atoms with Crippen LogP contribution in [0, 0.1) is 6.92 Å². The Labute approximate surface area is 60.8 Å². The second-order valence-corrected chi connectivity index (χ2v) is 2.80. The molecule has 52 valence electrons. The van der Waals surface area contributed by atoms with E-state index in [1.54, 1.807) is 0 Å². The van der Waals surface area contributed by atoms with Crippen molar-refractivity contribution in [3.05, 3.63) is 5.69 Å². The number of nitrogens with zero attached hydrogens (tertiary/aromatic N) is 2. The van der Waals surface area contributed by atoms with E-state index in [4.69, 9.17) is 10.3 Å². The van der Waals surface area contributed by atoms with Crippen molar-refractivity contribution in [1.29, 1.82) is 0 Å². The van der Waals surface area contributed by atoms with Crippen molar-refractivity contribution in [2.24, 2.45) is 0 Å². The van der Waals surface area contributed by atoms with Gasteiger partial charge in [-0.15, -0.1) is 0 Å². The molecule has 0 bridgehead atoms. The minimum absolute atomic E-state index is 0.542. The highest BCUT2D eigenvalue weighted by Gasteiger charge is 2.10. The molecule has 0 aliphatic carbocycles. The Morgan fingerprint density at radius 2 is 2.40 bits per heavy atom. The molecule has 0 radical (unpaired) electrons. The van der Waals surface area contributed by atoms with Crippen molar-refractivity contribution in [2.75, 3.05) is 5.73 Å². The molecular weight excluding hydrogens is 150 g/mol. The number of hydrogen-bond donors (Lipinski definition) is 1. The standard InChI is InChI=1S/C5H5N3OS/c1-2-3-4(6)10-8-5(3)9-7-2/h6H2,1H3. The van der Waals surface area contributed by atoms with E-state index in [-0.39, 0.29) is 0 Å². The molecule has 4 nitrogen and oxygen atoms in total. The number of aryl methyl sites for hydroxylation is 1. The Morgan fingerprint density at radius 1 is 1.60 bits per heavy atom. The number of nitrogen functional groups attached to an aromatic ring is 1. The van der Waals surface area contributed by atoms with E-state index in [9.17, 15) is 0 Å². The molecule has 0 unspecified atom stereocenters. The van der Waals surface area contributed by atoms with Gasteiger partial charge in [0, 0.05) is 0 Å². The van der Waals surface area contributed by atoms with Crippen LogP contribution in [-0.2, 0) is 0 Å². The van der Waals surface area contributed by atoms with Gasteiger partial charge in [0.25, 0.3) is 5.71 Å². The maximum absolute atomic E-state index is 5.58. The van der Waals surface area contributed by atoms with Crippen LogP contribution in [0.1, 0.15) is 5.69 Å². The van der Waals surface area contributed by atoms with Crippen molar-refractivity contribution < 1.29 is 4.52 Å². The van der Waals surface area contributed by atoms with Crippen LogP contribution in [0.4, 0.5) is 5.00 Å². The number of anilines is 1. The molecule has 0 fully saturated rings. The van der Waals surface area contributed by atoms with Crippen molar-refractivity contribution in [1.82, 2.24) is 9.53 Å². The molecule has 0 amide bonds. The van der Waals surface area contributed by atoms with Gasteiger partial charge in [0.05, 0.1) is 5.69 Å². The van der Waals surface area contributed by atoms with Crippen LogP contribution < -0.4 is 5.73 Å². The van der Waals surface area contributed by atoms with Crippen LogP contribution >= 0.6 is 11.5 Å². The number of fused-ring (bicyclic) bond motifs is 1. The summed E-state index contributed by atoms with van der Waals surface area (Å²) >= 11 is 1.23. The summed E-state index contributed by atoms with van der Waals surface area (Å²) in [6.45, 7) is 1.84. The summed E-state index contributed by atoms with van der Waals surface area (Å²) in [5.74, 6) is 0. The van der Waals surface area contributed by atoms with Gasteiger partial charge in [0.2, 0.25) is 0 Å². The van der Waals surface area contributed by atoms with Crippen LogP contribution in [0.3, 0.4) is 0 Å². The lowest BCUT2D eigenvalue weighted by atomic mass is 10.3. The van der Waals surface area contributed by atoms with Gasteiger partial charge in [-0.25, -0.2) is 0 Å². The predicted octanol–water partition coefficient (Wildman–Crippen LogP) is 1.17. The maximum Gasteiger partial charge on any atom is 0.271 e. The van der Waals surface area contributed by atoms with E-state index in [2.05, 4.69) is 9.53 Å². The molecule has 0 saturated heterocycles. The molecular formula is C5H5N3OS. The zero-order chi connectivity index (χ0) is 7.14. The predicted molar refractivity (Wildman–Crippen MR) is 38.8 cm³/mol. The van der Waals surface area contributed by atoms with Gasteiger partial charge < -0.3 is 10.3 Å². The first kappa shape index (κ1) is 5.67. The topological polar surface area (TPSA) is 64.9 Å². The minimum atomic E-state index is 0.542. The van der Waals surface area contributed by atoms with Gasteiger partial charge in [-0.2, -0.15) is 4.37 Å². The molecule has 2 rings (SSSR count). The molecule has 0 aliphatic rings. The number of hydrogen-bond acceptors (Lipinski definition) is 5. The first-order valence-electron chi connectivity index (χ1n) is 2.76. The van der Waals surface area contributed by atoms with Crippen LogP contribution in [0.2, 0.25) is 0 Å². The summed E-state index contributed by atoms with van der Waals surface area (Å²) in [5.41, 5.74) is 6.93. The van der Waals surface area contributed by atoms with Crippen LogP contribution in [0.5, 0.6) is 0 Å². The quantitative estimate of drug-likeness (QED) is 0.620. The van der Waals surface area contributed by atoms with Gasteiger partial charge in [-0.3, -0.25) is 0 Å². The van der Waals surface area contributed by atoms with E-state index in [0.717, 1.165) is 11.1 Å². The van der Waals surface area contributed by atoms with Crippen molar-refractivity contribution in [2.45, 2.75) is 6.92 Å². The zero-order valence-corrected chi connectivity index (χ0v) is 6.10. The first-order valence-corrected chi connectivity index (χ1v) is 3.53. The van der Waals surface area contributed by atoms with E-state index in [1.807, 2.05) is 6.92 Å². The summed E-state index contributed by atoms with van der Waals surface area (Å²) < 4.78 is 8.77. The summed E-state index contributed by atoms with van der Waals surface area (Å²) in [6.07, 6.45) is 0. The van der Waals surface area contributed by atoms with Crippen LogP contribution in [0.15, 0.2) is 4.52 Å². The molecule has 2 heterocycles. The fourth-order valence-electron chi connectivity index (χ4n) is 0.840. The minimum Gasteiger partial charge on any atom is -0.389 e. The van der Waals surface area contributed by atoms with Gasteiger partial charge in [-0.1, -0.05) is 5.16 Å². The largest absolute Gasteiger partial charge is 0.389 e. The highest BCUT2D eigenvalue weighted by molar-refractivity contribution is 7.11. The molecule has 2 N–H and O–H groups in total. The molecule has 0 aromatic carbocycles. The smallest absolute Gasteiger partial charge is 0.271 e. The summed E-state index contributed by atoms with van der Waals surface area (Å²) in [4.78, 5) is 0. The Kier molecular flexibility index (Phi) is 0.960. The van der Waals surface area contributed by atoms with Crippen molar-refractivity contribution in [3.63, 3.8) is 0 Å². The van der Waals surface area contributed by atoms with E-state index in [0.29, 0.717) is 10.7 Å². The zero-order valence-electron chi connectivity index (χ0n) is 5.29. The average Bonchev–Trinajstić information content (AvgIpc) is 2.40. The highest BCUT2D eigenvalue weighted by atomic mass is 32.1. The molecule has 2 aromatic heterocycles. The number of aromatic nitrogens is 2. The Morgan fingerprint density at radius 3 is 3.10 bits per heavy atom. The molecule has 0 aliphatic heterocycles.